The topological polar surface area (TPSA) is 50.2 Å². The zero-order valence-electron chi connectivity index (χ0n) is 17.1. The molecule has 28 heavy (non-hydrogen) atoms. The quantitative estimate of drug-likeness (QED) is 0.609. The number of hydrogen-bond donors (Lipinski definition) is 1. The van der Waals surface area contributed by atoms with Crippen LogP contribution >= 0.6 is 0 Å². The summed E-state index contributed by atoms with van der Waals surface area (Å²) in [4.78, 5) is 19.8. The highest BCUT2D eigenvalue weighted by atomic mass is 16.2. The van der Waals surface area contributed by atoms with Crippen molar-refractivity contribution in [2.24, 2.45) is 7.05 Å². The number of hydrogen-bond acceptors (Lipinski definition) is 3. The Hall–Kier alpha value is -2.66. The van der Waals surface area contributed by atoms with E-state index in [1.54, 1.807) is 0 Å². The van der Waals surface area contributed by atoms with Crippen molar-refractivity contribution in [3.05, 3.63) is 65.5 Å². The maximum absolute atomic E-state index is 13.2. The minimum absolute atomic E-state index is 0.0653. The molecule has 3 rings (SSSR count). The third-order valence-electron chi connectivity index (χ3n) is 5.06. The molecule has 0 spiro atoms. The lowest BCUT2D eigenvalue weighted by molar-refractivity contribution is 0.0735. The first-order chi connectivity index (χ1) is 13.6. The number of carbonyl (C=O) groups excluding carboxylic acids is 1. The van der Waals surface area contributed by atoms with Crippen LogP contribution in [0.25, 0.3) is 11.0 Å². The summed E-state index contributed by atoms with van der Waals surface area (Å²) in [7, 11) is 2.02. The number of imidazole rings is 1. The molecule has 5 nitrogen and oxygen atoms in total. The summed E-state index contributed by atoms with van der Waals surface area (Å²) in [6.45, 7) is 7.24. The van der Waals surface area contributed by atoms with Crippen molar-refractivity contribution in [1.29, 1.82) is 0 Å². The van der Waals surface area contributed by atoms with Crippen molar-refractivity contribution in [3.63, 3.8) is 0 Å². The van der Waals surface area contributed by atoms with Crippen LogP contribution in [0.5, 0.6) is 0 Å². The number of benzene rings is 2. The minimum Gasteiger partial charge on any atom is -0.331 e. The van der Waals surface area contributed by atoms with Crippen molar-refractivity contribution in [2.45, 2.75) is 39.8 Å². The van der Waals surface area contributed by atoms with Gasteiger partial charge in [-0.2, -0.15) is 0 Å². The number of nitrogens with zero attached hydrogens (tertiary/aromatic N) is 3. The normalized spacial score (nSPS) is 11.1. The Kier molecular flexibility index (Phi) is 6.82. The summed E-state index contributed by atoms with van der Waals surface area (Å²) in [5.74, 6) is 0.977. The second-order valence-electron chi connectivity index (χ2n) is 7.13. The Labute approximate surface area is 167 Å². The molecule has 1 aromatic heterocycles. The first-order valence-electron chi connectivity index (χ1n) is 10.1. The van der Waals surface area contributed by atoms with Gasteiger partial charge in [0, 0.05) is 25.7 Å². The van der Waals surface area contributed by atoms with Gasteiger partial charge in [0.25, 0.3) is 5.91 Å². The minimum atomic E-state index is 0.0653. The molecule has 0 saturated carbocycles. The molecule has 2 aromatic carbocycles. The molecule has 0 bridgehead atoms. The molecule has 0 unspecified atom stereocenters. The van der Waals surface area contributed by atoms with E-state index in [2.05, 4.69) is 29.8 Å². The molecule has 0 atom stereocenters. The average Bonchev–Trinajstić information content (AvgIpc) is 3.05. The molecule has 1 heterocycles. The van der Waals surface area contributed by atoms with Gasteiger partial charge in [-0.1, -0.05) is 44.5 Å². The summed E-state index contributed by atoms with van der Waals surface area (Å²) < 4.78 is 2.08. The second kappa shape index (κ2) is 9.51. The Bertz CT molecular complexity index is 914. The fourth-order valence-electron chi connectivity index (χ4n) is 3.33. The van der Waals surface area contributed by atoms with Crippen molar-refractivity contribution in [1.82, 2.24) is 19.8 Å². The number of para-hydroxylation sites is 2. The number of rotatable bonds is 9. The number of unbranched alkanes of at least 4 members (excludes halogenated alkanes) is 1. The molecule has 1 amide bonds. The maximum atomic E-state index is 13.2. The summed E-state index contributed by atoms with van der Waals surface area (Å²) in [5.41, 5.74) is 3.98. The monoisotopic (exact) mass is 378 g/mol. The summed E-state index contributed by atoms with van der Waals surface area (Å²) in [5, 5.41) is 3.31. The van der Waals surface area contributed by atoms with E-state index >= 15 is 0 Å². The van der Waals surface area contributed by atoms with Crippen molar-refractivity contribution in [3.8, 4) is 0 Å². The Balaban J connectivity index is 1.80. The van der Waals surface area contributed by atoms with E-state index in [9.17, 15) is 4.79 Å². The van der Waals surface area contributed by atoms with E-state index < -0.39 is 0 Å². The number of nitrogens with one attached hydrogen (secondary N) is 1. The van der Waals surface area contributed by atoms with E-state index in [1.807, 2.05) is 54.4 Å². The van der Waals surface area contributed by atoms with Crippen LogP contribution in [0.4, 0.5) is 0 Å². The van der Waals surface area contributed by atoms with Crippen molar-refractivity contribution in [2.75, 3.05) is 13.1 Å². The molecule has 0 saturated heterocycles. The maximum Gasteiger partial charge on any atom is 0.254 e. The van der Waals surface area contributed by atoms with Gasteiger partial charge in [-0.05, 0) is 42.8 Å². The Morgan fingerprint density at radius 1 is 1.11 bits per heavy atom. The highest BCUT2D eigenvalue weighted by Crippen LogP contribution is 2.17. The molecule has 0 aliphatic heterocycles. The van der Waals surface area contributed by atoms with E-state index in [0.717, 1.165) is 54.9 Å². The van der Waals surface area contributed by atoms with Gasteiger partial charge in [0.15, 0.2) is 0 Å². The fraction of sp³-hybridized carbons (Fsp3) is 0.391. The zero-order valence-corrected chi connectivity index (χ0v) is 17.1. The molecule has 1 N–H and O–H groups in total. The zero-order chi connectivity index (χ0) is 19.9. The second-order valence-corrected chi connectivity index (χ2v) is 7.13. The smallest absolute Gasteiger partial charge is 0.254 e. The SMILES string of the molecule is CCCCN(Cc1nc2ccccc2n1C)C(=O)c1ccc(CNCC)cc1. The van der Waals surface area contributed by atoms with Crippen LogP contribution in [-0.2, 0) is 20.1 Å². The molecular formula is C23H30N4O. The average molecular weight is 379 g/mol. The van der Waals surface area contributed by atoms with Gasteiger partial charge in [0.2, 0.25) is 0 Å². The van der Waals surface area contributed by atoms with Crippen LogP contribution in [0.1, 0.15) is 48.4 Å². The standard InChI is InChI=1S/C23H30N4O/c1-4-6-15-27(17-22-25-20-9-7-8-10-21(20)26(22)3)23(28)19-13-11-18(12-14-19)16-24-5-2/h7-14,24H,4-6,15-17H2,1-3H3. The summed E-state index contributed by atoms with van der Waals surface area (Å²) in [6, 6.07) is 16.0. The van der Waals surface area contributed by atoms with Crippen LogP contribution in [0.2, 0.25) is 0 Å². The number of carbonyl (C=O) groups is 1. The van der Waals surface area contributed by atoms with E-state index in [0.29, 0.717) is 6.54 Å². The van der Waals surface area contributed by atoms with E-state index in [1.165, 1.54) is 5.56 Å². The first-order valence-corrected chi connectivity index (χ1v) is 10.1. The van der Waals surface area contributed by atoms with E-state index in [4.69, 9.17) is 4.98 Å². The molecule has 148 valence electrons. The van der Waals surface area contributed by atoms with Crippen LogP contribution < -0.4 is 5.32 Å². The highest BCUT2D eigenvalue weighted by Gasteiger charge is 2.18. The lowest BCUT2D eigenvalue weighted by Crippen LogP contribution is -2.32. The van der Waals surface area contributed by atoms with Crippen LogP contribution in [0, 0.1) is 0 Å². The largest absolute Gasteiger partial charge is 0.331 e. The Morgan fingerprint density at radius 2 is 1.86 bits per heavy atom. The van der Waals surface area contributed by atoms with Gasteiger partial charge in [0.05, 0.1) is 17.6 Å². The third kappa shape index (κ3) is 4.60. The van der Waals surface area contributed by atoms with Gasteiger partial charge < -0.3 is 14.8 Å². The molecule has 3 aromatic rings. The van der Waals surface area contributed by atoms with Crippen molar-refractivity contribution >= 4 is 16.9 Å². The molecule has 0 aliphatic carbocycles. The number of aromatic nitrogens is 2. The van der Waals surface area contributed by atoms with Gasteiger partial charge in [-0.3, -0.25) is 4.79 Å². The molecular weight excluding hydrogens is 348 g/mol. The number of amides is 1. The predicted octanol–water partition coefficient (Wildman–Crippen LogP) is 4.13. The number of fused-ring (bicyclic) bond motifs is 1. The molecule has 0 fully saturated rings. The molecule has 0 aliphatic rings. The highest BCUT2D eigenvalue weighted by molar-refractivity contribution is 5.94. The first kappa shape index (κ1) is 20.1. The Morgan fingerprint density at radius 3 is 2.54 bits per heavy atom. The van der Waals surface area contributed by atoms with Gasteiger partial charge >= 0.3 is 0 Å². The number of aryl methyl sites for hydroxylation is 1. The van der Waals surface area contributed by atoms with Gasteiger partial charge in [0.1, 0.15) is 5.82 Å². The van der Waals surface area contributed by atoms with Crippen LogP contribution in [0.3, 0.4) is 0 Å². The lowest BCUT2D eigenvalue weighted by Gasteiger charge is -2.22. The van der Waals surface area contributed by atoms with Gasteiger partial charge in [-0.25, -0.2) is 4.98 Å². The molecule has 0 radical (unpaired) electrons. The molecule has 5 heteroatoms. The lowest BCUT2D eigenvalue weighted by atomic mass is 10.1. The summed E-state index contributed by atoms with van der Waals surface area (Å²) >= 11 is 0. The van der Waals surface area contributed by atoms with E-state index in [-0.39, 0.29) is 5.91 Å². The summed E-state index contributed by atoms with van der Waals surface area (Å²) in [6.07, 6.45) is 2.03. The van der Waals surface area contributed by atoms with Gasteiger partial charge in [-0.15, -0.1) is 0 Å². The predicted molar refractivity (Wildman–Crippen MR) is 114 cm³/mol. The van der Waals surface area contributed by atoms with Crippen molar-refractivity contribution < 1.29 is 4.79 Å². The fourth-order valence-corrected chi connectivity index (χ4v) is 3.33. The third-order valence-corrected chi connectivity index (χ3v) is 5.06. The van der Waals surface area contributed by atoms with Crippen LogP contribution in [-0.4, -0.2) is 33.4 Å². The van der Waals surface area contributed by atoms with Crippen LogP contribution in [0.15, 0.2) is 48.5 Å².